The molecule has 0 aromatic heterocycles. The molecule has 5 nitrogen and oxygen atoms in total. The summed E-state index contributed by atoms with van der Waals surface area (Å²) < 4.78 is 0. The summed E-state index contributed by atoms with van der Waals surface area (Å²) in [6.45, 7) is 0. The number of hydrogen-bond acceptors (Lipinski definition) is 4. The number of aryl methyl sites for hydroxylation is 1. The van der Waals surface area contributed by atoms with Gasteiger partial charge in [0.15, 0.2) is 0 Å². The third-order valence-electron chi connectivity index (χ3n) is 2.79. The summed E-state index contributed by atoms with van der Waals surface area (Å²) in [7, 11) is 0. The molecule has 0 aliphatic rings. The van der Waals surface area contributed by atoms with Crippen LogP contribution in [0.15, 0.2) is 24.3 Å². The van der Waals surface area contributed by atoms with Gasteiger partial charge in [-0.1, -0.05) is 12.1 Å². The molecule has 0 radical (unpaired) electrons. The van der Waals surface area contributed by atoms with E-state index in [0.29, 0.717) is 18.5 Å². The third-order valence-corrected chi connectivity index (χ3v) is 3.44. The van der Waals surface area contributed by atoms with Crippen molar-refractivity contribution in [1.29, 1.82) is 0 Å². The number of anilines is 1. The van der Waals surface area contributed by atoms with Crippen molar-refractivity contribution in [3.63, 3.8) is 0 Å². The van der Waals surface area contributed by atoms with Gasteiger partial charge in [0.05, 0.1) is 6.04 Å². The van der Waals surface area contributed by atoms with Crippen molar-refractivity contribution in [1.82, 2.24) is 0 Å². The maximum atomic E-state index is 11.9. The average molecular weight is 296 g/mol. The summed E-state index contributed by atoms with van der Waals surface area (Å²) in [4.78, 5) is 22.4. The van der Waals surface area contributed by atoms with Crippen LogP contribution >= 0.6 is 11.8 Å². The van der Waals surface area contributed by atoms with E-state index in [4.69, 9.17) is 10.8 Å². The van der Waals surface area contributed by atoms with Gasteiger partial charge in [0, 0.05) is 12.1 Å². The summed E-state index contributed by atoms with van der Waals surface area (Å²) in [6.07, 6.45) is 3.12. The summed E-state index contributed by atoms with van der Waals surface area (Å²) >= 11 is 1.65. The number of benzene rings is 1. The minimum Gasteiger partial charge on any atom is -0.481 e. The van der Waals surface area contributed by atoms with E-state index in [1.807, 2.05) is 12.3 Å². The molecule has 0 spiro atoms. The molecule has 1 aromatic carbocycles. The molecular formula is C14H20N2O3S. The molecule has 1 amide bonds. The maximum absolute atomic E-state index is 11.9. The van der Waals surface area contributed by atoms with Gasteiger partial charge in [0.2, 0.25) is 5.91 Å². The molecule has 0 fully saturated rings. The van der Waals surface area contributed by atoms with Crippen molar-refractivity contribution >= 4 is 29.3 Å². The van der Waals surface area contributed by atoms with Crippen molar-refractivity contribution < 1.29 is 14.7 Å². The van der Waals surface area contributed by atoms with Gasteiger partial charge in [-0.05, 0) is 42.5 Å². The van der Waals surface area contributed by atoms with Crippen LogP contribution in [0.5, 0.6) is 0 Å². The Labute approximate surface area is 122 Å². The molecule has 4 N–H and O–H groups in total. The number of carboxylic acids is 1. The van der Waals surface area contributed by atoms with E-state index in [9.17, 15) is 9.59 Å². The molecule has 0 aliphatic carbocycles. The predicted molar refractivity (Wildman–Crippen MR) is 82.0 cm³/mol. The van der Waals surface area contributed by atoms with E-state index in [1.54, 1.807) is 30.0 Å². The fourth-order valence-electron chi connectivity index (χ4n) is 1.67. The highest BCUT2D eigenvalue weighted by molar-refractivity contribution is 7.98. The topological polar surface area (TPSA) is 92.4 Å². The number of carbonyl (C=O) groups is 2. The second kappa shape index (κ2) is 8.60. The van der Waals surface area contributed by atoms with Crippen LogP contribution in [0.3, 0.4) is 0 Å². The Bertz CT molecular complexity index is 465. The molecule has 0 unspecified atom stereocenters. The Hall–Kier alpha value is -1.53. The number of hydrogen-bond donors (Lipinski definition) is 3. The smallest absolute Gasteiger partial charge is 0.303 e. The first-order chi connectivity index (χ1) is 9.52. The van der Waals surface area contributed by atoms with Crippen molar-refractivity contribution in [3.05, 3.63) is 29.8 Å². The van der Waals surface area contributed by atoms with Gasteiger partial charge in [0.1, 0.15) is 0 Å². The van der Waals surface area contributed by atoms with E-state index in [1.165, 1.54) is 0 Å². The van der Waals surface area contributed by atoms with E-state index in [2.05, 4.69) is 5.32 Å². The summed E-state index contributed by atoms with van der Waals surface area (Å²) in [5.41, 5.74) is 7.31. The lowest BCUT2D eigenvalue weighted by molar-refractivity contribution is -0.137. The minimum atomic E-state index is -0.835. The van der Waals surface area contributed by atoms with Gasteiger partial charge >= 0.3 is 5.97 Å². The lowest BCUT2D eigenvalue weighted by Crippen LogP contribution is -2.36. The molecule has 6 heteroatoms. The SMILES string of the molecule is CSCC[C@@H](N)C(=O)Nc1cccc(CCC(=O)O)c1. The van der Waals surface area contributed by atoms with Crippen LogP contribution in [-0.2, 0) is 16.0 Å². The quantitative estimate of drug-likeness (QED) is 0.679. The maximum Gasteiger partial charge on any atom is 0.303 e. The zero-order chi connectivity index (χ0) is 15.0. The molecule has 0 saturated heterocycles. The molecule has 0 aliphatic heterocycles. The van der Waals surface area contributed by atoms with Crippen molar-refractivity contribution in [3.8, 4) is 0 Å². The third kappa shape index (κ3) is 6.08. The zero-order valence-electron chi connectivity index (χ0n) is 11.5. The van der Waals surface area contributed by atoms with Gasteiger partial charge in [-0.2, -0.15) is 11.8 Å². The molecule has 20 heavy (non-hydrogen) atoms. The molecule has 0 heterocycles. The monoisotopic (exact) mass is 296 g/mol. The molecule has 110 valence electrons. The number of nitrogens with two attached hydrogens (primary N) is 1. The number of thioether (sulfide) groups is 1. The normalized spacial score (nSPS) is 11.9. The Morgan fingerprint density at radius 3 is 2.85 bits per heavy atom. The van der Waals surface area contributed by atoms with Gasteiger partial charge in [0.25, 0.3) is 0 Å². The second-order valence-electron chi connectivity index (χ2n) is 4.47. The number of aliphatic carboxylic acids is 1. The van der Waals surface area contributed by atoms with Crippen LogP contribution < -0.4 is 11.1 Å². The summed E-state index contributed by atoms with van der Waals surface area (Å²) in [6, 6.07) is 6.66. The highest BCUT2D eigenvalue weighted by Crippen LogP contribution is 2.13. The number of amides is 1. The predicted octanol–water partition coefficient (Wildman–Crippen LogP) is 1.72. The fraction of sp³-hybridized carbons (Fsp3) is 0.429. The Morgan fingerprint density at radius 1 is 1.45 bits per heavy atom. The minimum absolute atomic E-state index is 0.0740. The molecule has 0 saturated carbocycles. The van der Waals surface area contributed by atoms with Crippen molar-refractivity contribution in [2.75, 3.05) is 17.3 Å². The Kier molecular flexibility index (Phi) is 7.11. The summed E-state index contributed by atoms with van der Waals surface area (Å²) in [5, 5.41) is 11.4. The Balaban J connectivity index is 2.56. The first-order valence-electron chi connectivity index (χ1n) is 6.39. The number of nitrogens with one attached hydrogen (secondary N) is 1. The van der Waals surface area contributed by atoms with Crippen LogP contribution in [0.25, 0.3) is 0 Å². The summed E-state index contributed by atoms with van der Waals surface area (Å²) in [5.74, 6) is -0.208. The van der Waals surface area contributed by atoms with Crippen LogP contribution in [-0.4, -0.2) is 35.0 Å². The zero-order valence-corrected chi connectivity index (χ0v) is 12.3. The van der Waals surface area contributed by atoms with Crippen LogP contribution in [0, 0.1) is 0 Å². The average Bonchev–Trinajstić information content (AvgIpc) is 2.42. The van der Waals surface area contributed by atoms with Crippen molar-refractivity contribution in [2.24, 2.45) is 5.73 Å². The lowest BCUT2D eigenvalue weighted by Gasteiger charge is -2.12. The van der Waals surface area contributed by atoms with Crippen LogP contribution in [0.2, 0.25) is 0 Å². The van der Waals surface area contributed by atoms with Crippen LogP contribution in [0.4, 0.5) is 5.69 Å². The van der Waals surface area contributed by atoms with Crippen LogP contribution in [0.1, 0.15) is 18.4 Å². The van der Waals surface area contributed by atoms with Gasteiger partial charge in [-0.15, -0.1) is 0 Å². The van der Waals surface area contributed by atoms with E-state index in [0.717, 1.165) is 11.3 Å². The first kappa shape index (κ1) is 16.5. The van der Waals surface area contributed by atoms with Gasteiger partial charge in [-0.3, -0.25) is 9.59 Å². The van der Waals surface area contributed by atoms with Crippen molar-refractivity contribution in [2.45, 2.75) is 25.3 Å². The molecule has 1 aromatic rings. The Morgan fingerprint density at radius 2 is 2.20 bits per heavy atom. The number of carbonyl (C=O) groups excluding carboxylic acids is 1. The van der Waals surface area contributed by atoms with E-state index < -0.39 is 12.0 Å². The highest BCUT2D eigenvalue weighted by atomic mass is 32.2. The lowest BCUT2D eigenvalue weighted by atomic mass is 10.1. The molecular weight excluding hydrogens is 276 g/mol. The highest BCUT2D eigenvalue weighted by Gasteiger charge is 2.13. The van der Waals surface area contributed by atoms with Gasteiger partial charge < -0.3 is 16.2 Å². The first-order valence-corrected chi connectivity index (χ1v) is 7.78. The molecule has 0 bridgehead atoms. The number of rotatable bonds is 8. The standard InChI is InChI=1S/C14H20N2O3S/c1-20-8-7-12(15)14(19)16-11-4-2-3-10(9-11)5-6-13(17)18/h2-4,9,12H,5-8,15H2,1H3,(H,16,19)(H,17,18)/t12-/m1/s1. The molecule has 1 atom stereocenters. The fourth-order valence-corrected chi connectivity index (χ4v) is 2.16. The second-order valence-corrected chi connectivity index (χ2v) is 5.46. The number of carboxylic acid groups (broad SMARTS) is 1. The van der Waals surface area contributed by atoms with Gasteiger partial charge in [-0.25, -0.2) is 0 Å². The van der Waals surface area contributed by atoms with E-state index in [-0.39, 0.29) is 12.3 Å². The van der Waals surface area contributed by atoms with E-state index >= 15 is 0 Å². The molecule has 1 rings (SSSR count). The largest absolute Gasteiger partial charge is 0.481 e.